The Kier molecular flexibility index (Phi) is 7.98. The molecule has 2 saturated heterocycles. The molecular weight excluding hydrogens is 553 g/mol. The van der Waals surface area contributed by atoms with E-state index < -0.39 is 10.8 Å². The number of hydrogen-bond acceptors (Lipinski definition) is 3. The summed E-state index contributed by atoms with van der Waals surface area (Å²) in [6, 6.07) is 22.6. The summed E-state index contributed by atoms with van der Waals surface area (Å²) in [4.78, 5) is 31.2. The molecule has 5 rings (SSSR count). The highest BCUT2D eigenvalue weighted by Gasteiger charge is 2.55. The van der Waals surface area contributed by atoms with Crippen LogP contribution in [0.15, 0.2) is 72.8 Å². The minimum absolute atomic E-state index is 0.0447. The van der Waals surface area contributed by atoms with Crippen LogP contribution < -0.4 is 5.73 Å². The van der Waals surface area contributed by atoms with E-state index in [0.29, 0.717) is 53.1 Å². The van der Waals surface area contributed by atoms with Crippen molar-refractivity contribution in [1.82, 2.24) is 9.80 Å². The monoisotopic (exact) mass is 583 g/mol. The molecule has 2 N–H and O–H groups in total. The Bertz CT molecular complexity index is 1370. The SMILES string of the molecule is CCN1CCC(C(N)=O)(c2ccccc2)CC1C1(c2ccc(Cl)c(Cl)c2)CCN(C(=O)c2ccc(Cl)cc2)C1. The summed E-state index contributed by atoms with van der Waals surface area (Å²) in [6.45, 7) is 4.72. The number of benzene rings is 3. The number of carbonyl (C=O) groups is 2. The lowest BCUT2D eigenvalue weighted by Crippen LogP contribution is -2.61. The molecule has 2 fully saturated rings. The summed E-state index contributed by atoms with van der Waals surface area (Å²) < 4.78 is 0. The topological polar surface area (TPSA) is 66.6 Å². The summed E-state index contributed by atoms with van der Waals surface area (Å²) in [5.74, 6) is -0.359. The van der Waals surface area contributed by atoms with Crippen molar-refractivity contribution in [2.45, 2.75) is 43.1 Å². The van der Waals surface area contributed by atoms with E-state index in [0.717, 1.165) is 24.1 Å². The lowest BCUT2D eigenvalue weighted by Gasteiger charge is -2.52. The second-order valence-corrected chi connectivity index (χ2v) is 11.9. The molecular formula is C31H32Cl3N3O2. The van der Waals surface area contributed by atoms with Gasteiger partial charge in [-0.2, -0.15) is 0 Å². The molecule has 2 heterocycles. The number of carbonyl (C=O) groups excluding carboxylic acids is 2. The van der Waals surface area contributed by atoms with E-state index in [1.54, 1.807) is 24.3 Å². The van der Waals surface area contributed by atoms with Crippen LogP contribution in [0.3, 0.4) is 0 Å². The number of primary amides is 1. The number of rotatable bonds is 6. The number of likely N-dealkylation sites (tertiary alicyclic amines) is 2. The van der Waals surface area contributed by atoms with Crippen LogP contribution in [-0.2, 0) is 15.6 Å². The predicted octanol–water partition coefficient (Wildman–Crippen LogP) is 6.34. The van der Waals surface area contributed by atoms with Crippen molar-refractivity contribution in [1.29, 1.82) is 0 Å². The first-order valence-corrected chi connectivity index (χ1v) is 14.4. The van der Waals surface area contributed by atoms with Crippen LogP contribution in [0, 0.1) is 0 Å². The molecule has 0 bridgehead atoms. The fourth-order valence-electron chi connectivity index (χ4n) is 6.65. The molecule has 39 heavy (non-hydrogen) atoms. The number of halogens is 3. The van der Waals surface area contributed by atoms with Gasteiger partial charge in [0.25, 0.3) is 5.91 Å². The maximum atomic E-state index is 13.6. The molecule has 5 nitrogen and oxygen atoms in total. The quantitative estimate of drug-likeness (QED) is 0.368. The number of likely N-dealkylation sites (N-methyl/N-ethyl adjacent to an activating group) is 1. The average molecular weight is 585 g/mol. The van der Waals surface area contributed by atoms with Crippen molar-refractivity contribution in [3.63, 3.8) is 0 Å². The third-order valence-electron chi connectivity index (χ3n) is 8.82. The largest absolute Gasteiger partial charge is 0.369 e. The van der Waals surface area contributed by atoms with E-state index in [1.165, 1.54) is 0 Å². The Morgan fingerprint density at radius 3 is 2.26 bits per heavy atom. The van der Waals surface area contributed by atoms with Gasteiger partial charge in [0.1, 0.15) is 0 Å². The number of nitrogens with zero attached hydrogens (tertiary/aromatic N) is 2. The third kappa shape index (κ3) is 5.06. The van der Waals surface area contributed by atoms with E-state index in [-0.39, 0.29) is 17.9 Å². The van der Waals surface area contributed by atoms with Gasteiger partial charge in [0.15, 0.2) is 0 Å². The maximum absolute atomic E-state index is 13.6. The van der Waals surface area contributed by atoms with E-state index in [4.69, 9.17) is 40.5 Å². The highest BCUT2D eigenvalue weighted by atomic mass is 35.5. The zero-order chi connectivity index (χ0) is 27.8. The minimum atomic E-state index is -0.811. The van der Waals surface area contributed by atoms with Crippen molar-refractivity contribution in [2.24, 2.45) is 5.73 Å². The van der Waals surface area contributed by atoms with Gasteiger partial charge >= 0.3 is 0 Å². The van der Waals surface area contributed by atoms with E-state index in [1.807, 2.05) is 53.4 Å². The van der Waals surface area contributed by atoms with E-state index in [2.05, 4.69) is 11.8 Å². The Morgan fingerprint density at radius 1 is 0.897 bits per heavy atom. The molecule has 3 aromatic rings. The van der Waals surface area contributed by atoms with Crippen molar-refractivity contribution < 1.29 is 9.59 Å². The van der Waals surface area contributed by atoms with Crippen LogP contribution in [-0.4, -0.2) is 53.8 Å². The van der Waals surface area contributed by atoms with Gasteiger partial charge in [-0.3, -0.25) is 14.5 Å². The van der Waals surface area contributed by atoms with Gasteiger partial charge < -0.3 is 10.6 Å². The van der Waals surface area contributed by atoms with Crippen LogP contribution in [0.1, 0.15) is 47.7 Å². The summed E-state index contributed by atoms with van der Waals surface area (Å²) in [5, 5.41) is 1.54. The van der Waals surface area contributed by atoms with Crippen LogP contribution in [0.2, 0.25) is 15.1 Å². The van der Waals surface area contributed by atoms with Crippen molar-refractivity contribution in [2.75, 3.05) is 26.2 Å². The summed E-state index contributed by atoms with van der Waals surface area (Å²) in [6.07, 6.45) is 1.90. The zero-order valence-electron chi connectivity index (χ0n) is 21.9. The molecule has 2 aliphatic heterocycles. The first-order valence-electron chi connectivity index (χ1n) is 13.3. The second-order valence-electron chi connectivity index (χ2n) is 10.7. The predicted molar refractivity (Wildman–Crippen MR) is 158 cm³/mol. The molecule has 8 heteroatoms. The molecule has 0 saturated carbocycles. The molecule has 0 aliphatic carbocycles. The van der Waals surface area contributed by atoms with Gasteiger partial charge in [0.2, 0.25) is 5.91 Å². The standard InChI is InChI=1S/C31H32Cl3N3O2/c1-2-36-16-14-30(29(35)39,22-6-4-3-5-7-22)19-27(36)31(23-10-13-25(33)26(34)18-23)15-17-37(20-31)28(38)21-8-11-24(32)12-9-21/h3-13,18,27H,2,14-17,19-20H2,1H3,(H2,35,39). The third-order valence-corrected chi connectivity index (χ3v) is 9.82. The fourth-order valence-corrected chi connectivity index (χ4v) is 7.07. The first kappa shape index (κ1) is 28.0. The molecule has 3 unspecified atom stereocenters. The van der Waals surface area contributed by atoms with E-state index in [9.17, 15) is 9.59 Å². The highest BCUT2D eigenvalue weighted by molar-refractivity contribution is 6.42. The number of piperidine rings is 1. The van der Waals surface area contributed by atoms with Gasteiger partial charge in [-0.25, -0.2) is 0 Å². The highest BCUT2D eigenvalue weighted by Crippen LogP contribution is 2.49. The molecule has 2 amide bonds. The number of nitrogens with two attached hydrogens (primary N) is 1. The first-order chi connectivity index (χ1) is 18.7. The molecule has 204 valence electrons. The lowest BCUT2D eigenvalue weighted by atomic mass is 9.61. The molecule has 0 radical (unpaired) electrons. The molecule has 2 aliphatic rings. The van der Waals surface area contributed by atoms with Crippen LogP contribution in [0.25, 0.3) is 0 Å². The fraction of sp³-hybridized carbons (Fsp3) is 0.355. The Labute approximate surface area is 244 Å². The second kappa shape index (κ2) is 11.1. The van der Waals surface area contributed by atoms with E-state index >= 15 is 0 Å². The summed E-state index contributed by atoms with van der Waals surface area (Å²) in [7, 11) is 0. The smallest absolute Gasteiger partial charge is 0.253 e. The minimum Gasteiger partial charge on any atom is -0.369 e. The van der Waals surface area contributed by atoms with Crippen molar-refractivity contribution in [3.05, 3.63) is 105 Å². The van der Waals surface area contributed by atoms with Gasteiger partial charge in [0, 0.05) is 35.1 Å². The van der Waals surface area contributed by atoms with Crippen LogP contribution in [0.4, 0.5) is 0 Å². The maximum Gasteiger partial charge on any atom is 0.253 e. The average Bonchev–Trinajstić information content (AvgIpc) is 3.41. The Hall–Kier alpha value is -2.57. The Morgan fingerprint density at radius 2 is 1.62 bits per heavy atom. The molecule has 0 spiro atoms. The normalized spacial score (nSPS) is 25.5. The zero-order valence-corrected chi connectivity index (χ0v) is 24.1. The number of hydrogen-bond donors (Lipinski definition) is 1. The molecule has 3 aromatic carbocycles. The van der Waals surface area contributed by atoms with Crippen molar-refractivity contribution >= 4 is 46.6 Å². The number of amides is 2. The Balaban J connectivity index is 1.60. The van der Waals surface area contributed by atoms with Gasteiger partial charge in [-0.05, 0) is 79.9 Å². The van der Waals surface area contributed by atoms with Crippen LogP contribution >= 0.6 is 34.8 Å². The molecule has 3 atom stereocenters. The lowest BCUT2D eigenvalue weighted by molar-refractivity contribution is -0.127. The summed E-state index contributed by atoms with van der Waals surface area (Å²) in [5.41, 5.74) is 7.45. The van der Waals surface area contributed by atoms with Crippen LogP contribution in [0.5, 0.6) is 0 Å². The van der Waals surface area contributed by atoms with Gasteiger partial charge in [-0.15, -0.1) is 0 Å². The van der Waals surface area contributed by atoms with Crippen molar-refractivity contribution in [3.8, 4) is 0 Å². The summed E-state index contributed by atoms with van der Waals surface area (Å²) >= 11 is 19.0. The van der Waals surface area contributed by atoms with Gasteiger partial charge in [0.05, 0.1) is 15.5 Å². The molecule has 0 aromatic heterocycles. The van der Waals surface area contributed by atoms with Gasteiger partial charge in [-0.1, -0.05) is 78.1 Å².